The van der Waals surface area contributed by atoms with E-state index in [1.165, 1.54) is 6.92 Å². The number of aliphatic hydroxyl groups is 1. The quantitative estimate of drug-likeness (QED) is 0.676. The minimum Gasteiger partial charge on any atom is -0.371 e. The minimum atomic E-state index is -1.38. The fraction of sp³-hybridized carbons (Fsp3) is 0.250. The van der Waals surface area contributed by atoms with Crippen LogP contribution in [0.3, 0.4) is 0 Å². The average molecular weight is 191 g/mol. The molecule has 0 radical (unpaired) electrons. The van der Waals surface area contributed by atoms with Gasteiger partial charge in [0.1, 0.15) is 0 Å². The molecule has 1 aromatic carbocycles. The van der Waals surface area contributed by atoms with Crippen molar-refractivity contribution in [2.45, 2.75) is 12.0 Å². The fourth-order valence-corrected chi connectivity index (χ4v) is 1.36. The van der Waals surface area contributed by atoms with Gasteiger partial charge in [0.25, 0.3) is 0 Å². The van der Waals surface area contributed by atoms with Crippen molar-refractivity contribution < 1.29 is 5.11 Å². The van der Waals surface area contributed by atoms with E-state index in [9.17, 15) is 5.11 Å². The normalized spacial score (nSPS) is 16.0. The first-order valence-corrected chi connectivity index (χ1v) is 3.93. The monoisotopic (exact) mass is 190 g/mol. The summed E-state index contributed by atoms with van der Waals surface area (Å²) >= 11 is 11.4. The Morgan fingerprint density at radius 3 is 2.27 bits per heavy atom. The molecule has 0 aliphatic carbocycles. The van der Waals surface area contributed by atoms with Gasteiger partial charge in [-0.05, 0) is 13.0 Å². The van der Waals surface area contributed by atoms with Crippen molar-refractivity contribution in [2.24, 2.45) is 0 Å². The van der Waals surface area contributed by atoms with Crippen molar-refractivity contribution in [2.75, 3.05) is 0 Å². The predicted molar refractivity (Wildman–Crippen MR) is 46.9 cm³/mol. The summed E-state index contributed by atoms with van der Waals surface area (Å²) in [5.41, 5.74) is 0.531. The third kappa shape index (κ3) is 2.09. The molecule has 11 heavy (non-hydrogen) atoms. The lowest BCUT2D eigenvalue weighted by Gasteiger charge is -2.15. The molecule has 0 heterocycles. The van der Waals surface area contributed by atoms with Gasteiger partial charge < -0.3 is 5.11 Å². The molecular weight excluding hydrogens is 183 g/mol. The maximum atomic E-state index is 9.35. The van der Waals surface area contributed by atoms with Crippen LogP contribution in [0.2, 0.25) is 5.02 Å². The van der Waals surface area contributed by atoms with Crippen LogP contribution in [-0.2, 0) is 5.06 Å². The molecule has 1 N–H and O–H groups in total. The molecule has 0 spiro atoms. The number of alkyl halides is 1. The predicted octanol–water partition coefficient (Wildman–Crippen LogP) is 2.74. The van der Waals surface area contributed by atoms with E-state index in [1.807, 2.05) is 0 Å². The summed E-state index contributed by atoms with van der Waals surface area (Å²) in [6.07, 6.45) is 0. The Hall–Kier alpha value is -0.240. The highest BCUT2D eigenvalue weighted by Crippen LogP contribution is 2.30. The first-order chi connectivity index (χ1) is 5.02. The highest BCUT2D eigenvalue weighted by Gasteiger charge is 2.20. The lowest BCUT2D eigenvalue weighted by atomic mass is 10.1. The minimum absolute atomic E-state index is 0.479. The van der Waals surface area contributed by atoms with Crippen LogP contribution in [0.25, 0.3) is 0 Å². The van der Waals surface area contributed by atoms with E-state index in [0.717, 1.165) is 0 Å². The van der Waals surface area contributed by atoms with Gasteiger partial charge in [-0.2, -0.15) is 0 Å². The van der Waals surface area contributed by atoms with Gasteiger partial charge in [0.15, 0.2) is 5.06 Å². The smallest absolute Gasteiger partial charge is 0.162 e. The molecule has 1 aromatic rings. The van der Waals surface area contributed by atoms with Gasteiger partial charge in [-0.3, -0.25) is 0 Å². The summed E-state index contributed by atoms with van der Waals surface area (Å²) < 4.78 is 0. The molecule has 0 amide bonds. The third-order valence-corrected chi connectivity index (χ3v) is 1.90. The second-order valence-electron chi connectivity index (χ2n) is 2.43. The molecule has 0 aromatic heterocycles. The van der Waals surface area contributed by atoms with Crippen molar-refractivity contribution in [3.63, 3.8) is 0 Å². The average Bonchev–Trinajstić information content (AvgIpc) is 1.86. The standard InChI is InChI=1S/C8H8Cl2O/c1-8(10,11)6-4-2-3-5-7(6)9/h2-5,11H,1H3. The Morgan fingerprint density at radius 1 is 1.36 bits per heavy atom. The number of hydrogen-bond donors (Lipinski definition) is 1. The van der Waals surface area contributed by atoms with Crippen molar-refractivity contribution in [1.82, 2.24) is 0 Å². The van der Waals surface area contributed by atoms with Crippen LogP contribution in [0.4, 0.5) is 0 Å². The van der Waals surface area contributed by atoms with Gasteiger partial charge >= 0.3 is 0 Å². The first-order valence-electron chi connectivity index (χ1n) is 3.18. The van der Waals surface area contributed by atoms with E-state index < -0.39 is 5.06 Å². The van der Waals surface area contributed by atoms with Crippen LogP contribution in [0, 0.1) is 0 Å². The molecular formula is C8H8Cl2O. The van der Waals surface area contributed by atoms with Gasteiger partial charge in [0, 0.05) is 10.6 Å². The highest BCUT2D eigenvalue weighted by molar-refractivity contribution is 6.33. The molecule has 1 atom stereocenters. The lowest BCUT2D eigenvalue weighted by molar-refractivity contribution is 0.150. The van der Waals surface area contributed by atoms with Crippen molar-refractivity contribution in [1.29, 1.82) is 0 Å². The van der Waals surface area contributed by atoms with Gasteiger partial charge in [-0.25, -0.2) is 0 Å². The number of halogens is 2. The van der Waals surface area contributed by atoms with Crippen LogP contribution in [0.15, 0.2) is 24.3 Å². The van der Waals surface area contributed by atoms with Gasteiger partial charge in [0.2, 0.25) is 0 Å². The van der Waals surface area contributed by atoms with Crippen molar-refractivity contribution in [3.05, 3.63) is 34.9 Å². The van der Waals surface area contributed by atoms with Crippen LogP contribution < -0.4 is 0 Å². The summed E-state index contributed by atoms with van der Waals surface area (Å²) in [5, 5.41) is 8.45. The Bertz CT molecular complexity index is 253. The number of benzene rings is 1. The maximum absolute atomic E-state index is 9.35. The van der Waals surface area contributed by atoms with Crippen LogP contribution >= 0.6 is 23.2 Å². The largest absolute Gasteiger partial charge is 0.371 e. The molecule has 3 heteroatoms. The van der Waals surface area contributed by atoms with Crippen molar-refractivity contribution >= 4 is 23.2 Å². The molecule has 0 saturated carbocycles. The molecule has 60 valence electrons. The topological polar surface area (TPSA) is 20.2 Å². The molecule has 1 unspecified atom stereocenters. The van der Waals surface area contributed by atoms with Gasteiger partial charge in [-0.1, -0.05) is 41.4 Å². The van der Waals surface area contributed by atoms with E-state index in [1.54, 1.807) is 24.3 Å². The van der Waals surface area contributed by atoms with Crippen LogP contribution in [-0.4, -0.2) is 5.11 Å². The Morgan fingerprint density at radius 2 is 1.91 bits per heavy atom. The lowest BCUT2D eigenvalue weighted by Crippen LogP contribution is -2.12. The maximum Gasteiger partial charge on any atom is 0.162 e. The molecule has 0 aliphatic heterocycles. The summed E-state index contributed by atoms with van der Waals surface area (Å²) in [6, 6.07) is 6.94. The highest BCUT2D eigenvalue weighted by atomic mass is 35.5. The first kappa shape index (κ1) is 8.85. The molecule has 1 nitrogen and oxygen atoms in total. The van der Waals surface area contributed by atoms with E-state index in [4.69, 9.17) is 23.2 Å². The summed E-state index contributed by atoms with van der Waals surface area (Å²) in [5.74, 6) is 0. The molecule has 1 rings (SSSR count). The van der Waals surface area contributed by atoms with Crippen LogP contribution in [0.5, 0.6) is 0 Å². The summed E-state index contributed by atoms with van der Waals surface area (Å²) in [7, 11) is 0. The Kier molecular flexibility index (Phi) is 2.43. The van der Waals surface area contributed by atoms with E-state index in [-0.39, 0.29) is 0 Å². The van der Waals surface area contributed by atoms with Gasteiger partial charge in [0.05, 0.1) is 0 Å². The fourth-order valence-electron chi connectivity index (χ4n) is 0.831. The van der Waals surface area contributed by atoms with Crippen molar-refractivity contribution in [3.8, 4) is 0 Å². The Labute approximate surface area is 75.6 Å². The summed E-state index contributed by atoms with van der Waals surface area (Å²) in [6.45, 7) is 1.48. The zero-order valence-corrected chi connectivity index (χ0v) is 7.52. The zero-order chi connectivity index (χ0) is 8.48. The molecule has 0 saturated heterocycles. The molecule has 0 fully saturated rings. The second kappa shape index (κ2) is 3.02. The van der Waals surface area contributed by atoms with Crippen LogP contribution in [0.1, 0.15) is 12.5 Å². The SMILES string of the molecule is CC(O)(Cl)c1ccccc1Cl. The van der Waals surface area contributed by atoms with E-state index in [0.29, 0.717) is 10.6 Å². The third-order valence-electron chi connectivity index (χ3n) is 1.37. The summed E-state index contributed by atoms with van der Waals surface area (Å²) in [4.78, 5) is 0. The number of hydrogen-bond acceptors (Lipinski definition) is 1. The van der Waals surface area contributed by atoms with E-state index in [2.05, 4.69) is 0 Å². The number of rotatable bonds is 1. The Balaban J connectivity index is 3.14. The second-order valence-corrected chi connectivity index (χ2v) is 3.58. The molecule has 0 aliphatic rings. The van der Waals surface area contributed by atoms with Gasteiger partial charge in [-0.15, -0.1) is 0 Å². The zero-order valence-electron chi connectivity index (χ0n) is 6.01. The van der Waals surface area contributed by atoms with E-state index >= 15 is 0 Å². The molecule has 0 bridgehead atoms.